The fourth-order valence-corrected chi connectivity index (χ4v) is 1.42. The molecule has 0 aliphatic carbocycles. The van der Waals surface area contributed by atoms with Gasteiger partial charge < -0.3 is 10.2 Å². The lowest BCUT2D eigenvalue weighted by molar-refractivity contribution is 0.0686. The van der Waals surface area contributed by atoms with E-state index in [9.17, 15) is 9.90 Å². The minimum absolute atomic E-state index is 0.193. The number of carboxylic acids is 1. The van der Waals surface area contributed by atoms with Gasteiger partial charge in [0.2, 0.25) is 0 Å². The molecule has 1 heterocycles. The topological polar surface area (TPSA) is 70.4 Å². The number of aryl methyl sites for hydroxylation is 1. The van der Waals surface area contributed by atoms with E-state index in [1.54, 1.807) is 6.07 Å². The van der Waals surface area contributed by atoms with Crippen molar-refractivity contribution in [1.29, 1.82) is 0 Å². The maximum atomic E-state index is 10.7. The summed E-state index contributed by atoms with van der Waals surface area (Å²) in [5, 5.41) is 18.4. The first-order chi connectivity index (χ1) is 7.16. The molecule has 1 aromatic rings. The highest BCUT2D eigenvalue weighted by Crippen LogP contribution is 2.22. The number of nitrogens with zero attached hydrogens (tertiary/aromatic N) is 1. The molecule has 0 bridgehead atoms. The van der Waals surface area contributed by atoms with Crippen LogP contribution in [0.15, 0.2) is 12.3 Å². The predicted octanol–water partition coefficient (Wildman–Crippen LogP) is 2.22. The summed E-state index contributed by atoms with van der Waals surface area (Å²) in [6.07, 6.45) is 5.24. The Hall–Kier alpha value is -1.58. The van der Waals surface area contributed by atoms with Crippen molar-refractivity contribution in [2.45, 2.75) is 32.6 Å². The van der Waals surface area contributed by atoms with E-state index in [1.165, 1.54) is 6.20 Å². The largest absolute Gasteiger partial charge is 0.505 e. The Balaban J connectivity index is 2.80. The summed E-state index contributed by atoms with van der Waals surface area (Å²) < 4.78 is 0. The monoisotopic (exact) mass is 209 g/mol. The summed E-state index contributed by atoms with van der Waals surface area (Å²) >= 11 is 0. The third kappa shape index (κ3) is 2.94. The molecular formula is C11H15NO3. The fourth-order valence-electron chi connectivity index (χ4n) is 1.42. The molecule has 1 aromatic heterocycles. The van der Waals surface area contributed by atoms with Gasteiger partial charge in [0.25, 0.3) is 0 Å². The van der Waals surface area contributed by atoms with E-state index in [4.69, 9.17) is 5.11 Å². The smallest absolute Gasteiger partial charge is 0.358 e. The Morgan fingerprint density at radius 3 is 2.80 bits per heavy atom. The van der Waals surface area contributed by atoms with Gasteiger partial charge in [-0.1, -0.05) is 19.8 Å². The minimum Gasteiger partial charge on any atom is -0.505 e. The summed E-state index contributed by atoms with van der Waals surface area (Å²) in [5.74, 6) is -1.38. The number of unbranched alkanes of at least 4 members (excludes halogenated alkanes) is 2. The van der Waals surface area contributed by atoms with Crippen molar-refractivity contribution in [1.82, 2.24) is 4.98 Å². The van der Waals surface area contributed by atoms with Gasteiger partial charge >= 0.3 is 5.97 Å². The van der Waals surface area contributed by atoms with Crippen LogP contribution in [0.3, 0.4) is 0 Å². The molecule has 2 N–H and O–H groups in total. The lowest BCUT2D eigenvalue weighted by Gasteiger charge is -2.05. The van der Waals surface area contributed by atoms with Gasteiger partial charge in [-0.2, -0.15) is 0 Å². The van der Waals surface area contributed by atoms with Crippen LogP contribution >= 0.6 is 0 Å². The second-order valence-corrected chi connectivity index (χ2v) is 3.43. The van der Waals surface area contributed by atoms with E-state index in [0.29, 0.717) is 12.0 Å². The van der Waals surface area contributed by atoms with Gasteiger partial charge in [0.1, 0.15) is 0 Å². The third-order valence-electron chi connectivity index (χ3n) is 2.26. The summed E-state index contributed by atoms with van der Waals surface area (Å²) in [7, 11) is 0. The van der Waals surface area contributed by atoms with Crippen molar-refractivity contribution in [3.05, 3.63) is 23.5 Å². The molecule has 82 valence electrons. The number of carboxylic acid groups (broad SMARTS) is 1. The molecule has 1 rings (SSSR count). The van der Waals surface area contributed by atoms with Gasteiger partial charge in [-0.25, -0.2) is 9.78 Å². The predicted molar refractivity (Wildman–Crippen MR) is 56.1 cm³/mol. The van der Waals surface area contributed by atoms with Crippen LogP contribution in [0.25, 0.3) is 0 Å². The minimum atomic E-state index is -1.19. The third-order valence-corrected chi connectivity index (χ3v) is 2.26. The molecule has 0 aliphatic rings. The summed E-state index contributed by atoms with van der Waals surface area (Å²) in [5.41, 5.74) is 0.403. The van der Waals surface area contributed by atoms with E-state index >= 15 is 0 Å². The molecular weight excluding hydrogens is 194 g/mol. The van der Waals surface area contributed by atoms with Gasteiger partial charge in [0, 0.05) is 6.20 Å². The maximum absolute atomic E-state index is 10.7. The highest BCUT2D eigenvalue weighted by molar-refractivity contribution is 5.88. The molecule has 4 nitrogen and oxygen atoms in total. The molecule has 0 unspecified atom stereocenters. The molecule has 0 saturated heterocycles. The van der Waals surface area contributed by atoms with Crippen LogP contribution in [-0.4, -0.2) is 21.2 Å². The maximum Gasteiger partial charge on any atom is 0.358 e. The molecule has 0 spiro atoms. The van der Waals surface area contributed by atoms with E-state index in [1.807, 2.05) is 0 Å². The number of pyridine rings is 1. The zero-order valence-corrected chi connectivity index (χ0v) is 8.73. The molecule has 0 aliphatic heterocycles. The molecule has 0 radical (unpaired) electrons. The zero-order chi connectivity index (χ0) is 11.3. The first-order valence-electron chi connectivity index (χ1n) is 5.07. The number of rotatable bonds is 5. The van der Waals surface area contributed by atoms with Crippen LogP contribution < -0.4 is 0 Å². The Kier molecular flexibility index (Phi) is 4.09. The normalized spacial score (nSPS) is 10.2. The van der Waals surface area contributed by atoms with Crippen LogP contribution in [0, 0.1) is 0 Å². The quantitative estimate of drug-likeness (QED) is 0.729. The highest BCUT2D eigenvalue weighted by atomic mass is 16.4. The number of aromatic hydroxyl groups is 1. The van der Waals surface area contributed by atoms with Crippen molar-refractivity contribution in [2.24, 2.45) is 0 Å². The first-order valence-corrected chi connectivity index (χ1v) is 5.07. The summed E-state index contributed by atoms with van der Waals surface area (Å²) in [6, 6.07) is 1.66. The average molecular weight is 209 g/mol. The van der Waals surface area contributed by atoms with E-state index in [0.717, 1.165) is 19.3 Å². The molecule has 0 aromatic carbocycles. The van der Waals surface area contributed by atoms with Crippen LogP contribution in [0.5, 0.6) is 5.75 Å². The molecule has 0 amide bonds. The number of aromatic carboxylic acids is 1. The van der Waals surface area contributed by atoms with Gasteiger partial charge in [0.05, 0.1) is 0 Å². The van der Waals surface area contributed by atoms with Gasteiger partial charge in [-0.05, 0) is 24.5 Å². The zero-order valence-electron chi connectivity index (χ0n) is 8.73. The van der Waals surface area contributed by atoms with Crippen molar-refractivity contribution >= 4 is 5.97 Å². The van der Waals surface area contributed by atoms with Crippen molar-refractivity contribution in [3.8, 4) is 5.75 Å². The van der Waals surface area contributed by atoms with Crippen LogP contribution in [-0.2, 0) is 6.42 Å². The van der Waals surface area contributed by atoms with Crippen molar-refractivity contribution in [2.75, 3.05) is 0 Å². The molecule has 0 fully saturated rings. The summed E-state index contributed by atoms with van der Waals surface area (Å²) in [4.78, 5) is 14.3. The number of hydrogen-bond acceptors (Lipinski definition) is 3. The van der Waals surface area contributed by atoms with Crippen LogP contribution in [0.1, 0.15) is 42.2 Å². The SMILES string of the molecule is CCCCCc1ccnc(C(=O)O)c1O. The van der Waals surface area contributed by atoms with Crippen LogP contribution in [0.4, 0.5) is 0 Å². The van der Waals surface area contributed by atoms with Crippen molar-refractivity contribution in [3.63, 3.8) is 0 Å². The molecule has 15 heavy (non-hydrogen) atoms. The lowest BCUT2D eigenvalue weighted by Crippen LogP contribution is -2.02. The van der Waals surface area contributed by atoms with E-state index in [-0.39, 0.29) is 11.4 Å². The Labute approximate surface area is 88.6 Å². The van der Waals surface area contributed by atoms with Gasteiger partial charge in [-0.15, -0.1) is 0 Å². The Bertz CT molecular complexity index is 350. The fraction of sp³-hybridized carbons (Fsp3) is 0.455. The Morgan fingerprint density at radius 1 is 1.47 bits per heavy atom. The molecule has 0 atom stereocenters. The van der Waals surface area contributed by atoms with E-state index < -0.39 is 5.97 Å². The standard InChI is InChI=1S/C11H15NO3/c1-2-3-4-5-8-6-7-12-9(10(8)13)11(14)15/h6-7,13H,2-5H2,1H3,(H,14,15). The summed E-state index contributed by atoms with van der Waals surface area (Å²) in [6.45, 7) is 2.09. The Morgan fingerprint density at radius 2 is 2.20 bits per heavy atom. The van der Waals surface area contributed by atoms with Gasteiger partial charge in [0.15, 0.2) is 11.4 Å². The average Bonchev–Trinajstić information content (AvgIpc) is 2.20. The first kappa shape index (κ1) is 11.5. The highest BCUT2D eigenvalue weighted by Gasteiger charge is 2.13. The van der Waals surface area contributed by atoms with Crippen LogP contribution in [0.2, 0.25) is 0 Å². The second kappa shape index (κ2) is 5.34. The number of aromatic nitrogens is 1. The van der Waals surface area contributed by atoms with E-state index in [2.05, 4.69) is 11.9 Å². The molecule has 4 heteroatoms. The number of carbonyl (C=O) groups is 1. The second-order valence-electron chi connectivity index (χ2n) is 3.43. The van der Waals surface area contributed by atoms with Crippen molar-refractivity contribution < 1.29 is 15.0 Å². The lowest BCUT2D eigenvalue weighted by atomic mass is 10.1. The number of hydrogen-bond donors (Lipinski definition) is 2. The van der Waals surface area contributed by atoms with Gasteiger partial charge in [-0.3, -0.25) is 0 Å². The molecule has 0 saturated carbocycles.